The van der Waals surface area contributed by atoms with Gasteiger partial charge in [-0.05, 0) is 44.0 Å². The fourth-order valence-electron chi connectivity index (χ4n) is 2.30. The summed E-state index contributed by atoms with van der Waals surface area (Å²) in [5.41, 5.74) is 9.91. The number of carboxylic acids is 1. The molecule has 0 aliphatic carbocycles. The predicted molar refractivity (Wildman–Crippen MR) is 73.8 cm³/mol. The van der Waals surface area contributed by atoms with Crippen LogP contribution >= 0.6 is 0 Å². The summed E-state index contributed by atoms with van der Waals surface area (Å²) in [5, 5.41) is 13.6. The second kappa shape index (κ2) is 4.76. The van der Waals surface area contributed by atoms with Crippen LogP contribution in [-0.4, -0.2) is 20.9 Å². The van der Waals surface area contributed by atoms with Crippen LogP contribution in [0.5, 0.6) is 0 Å². The molecule has 0 aliphatic rings. The first-order chi connectivity index (χ1) is 8.95. The largest absolute Gasteiger partial charge is 0.478 e. The number of benzene rings is 1. The van der Waals surface area contributed by atoms with Crippen molar-refractivity contribution in [2.45, 2.75) is 27.2 Å². The Bertz CT molecular complexity index is 644. The third-order valence-corrected chi connectivity index (χ3v) is 3.31. The van der Waals surface area contributed by atoms with E-state index in [0.29, 0.717) is 5.69 Å². The average Bonchev–Trinajstić information content (AvgIpc) is 2.64. The molecule has 100 valence electrons. The van der Waals surface area contributed by atoms with E-state index >= 15 is 0 Å². The summed E-state index contributed by atoms with van der Waals surface area (Å²) in [5.74, 6) is -1.03. The number of nitrogens with two attached hydrogens (primary N) is 1. The quantitative estimate of drug-likeness (QED) is 0.829. The summed E-state index contributed by atoms with van der Waals surface area (Å²) in [4.78, 5) is 11.1. The highest BCUT2D eigenvalue weighted by atomic mass is 16.4. The van der Waals surface area contributed by atoms with Crippen LogP contribution in [-0.2, 0) is 6.42 Å². The third kappa shape index (κ3) is 2.19. The highest BCUT2D eigenvalue weighted by Crippen LogP contribution is 2.21. The van der Waals surface area contributed by atoms with Gasteiger partial charge in [0.2, 0.25) is 0 Å². The molecule has 3 N–H and O–H groups in total. The van der Waals surface area contributed by atoms with E-state index in [4.69, 9.17) is 10.8 Å². The number of nitrogen functional groups attached to an aromatic ring is 1. The number of aromatic nitrogens is 2. The van der Waals surface area contributed by atoms with Gasteiger partial charge >= 0.3 is 5.97 Å². The molecule has 0 saturated carbocycles. The van der Waals surface area contributed by atoms with E-state index < -0.39 is 5.97 Å². The smallest absolute Gasteiger partial charge is 0.337 e. The summed E-state index contributed by atoms with van der Waals surface area (Å²) in [6.07, 6.45) is 0.901. The van der Waals surface area contributed by atoms with Gasteiger partial charge in [0.1, 0.15) is 0 Å². The van der Waals surface area contributed by atoms with Gasteiger partial charge in [-0.1, -0.05) is 6.92 Å². The lowest BCUT2D eigenvalue weighted by Crippen LogP contribution is -2.06. The van der Waals surface area contributed by atoms with E-state index in [-0.39, 0.29) is 11.3 Å². The molecule has 0 unspecified atom stereocenters. The van der Waals surface area contributed by atoms with Crippen LogP contribution in [0.2, 0.25) is 0 Å². The van der Waals surface area contributed by atoms with Crippen molar-refractivity contribution in [3.63, 3.8) is 0 Å². The van der Waals surface area contributed by atoms with E-state index in [1.54, 1.807) is 22.9 Å². The molecule has 0 spiro atoms. The zero-order chi connectivity index (χ0) is 14.2. The van der Waals surface area contributed by atoms with Gasteiger partial charge in [0, 0.05) is 11.4 Å². The number of anilines is 1. The van der Waals surface area contributed by atoms with Crippen LogP contribution in [0, 0.1) is 13.8 Å². The fourth-order valence-corrected chi connectivity index (χ4v) is 2.30. The highest BCUT2D eigenvalue weighted by molar-refractivity contribution is 5.94. The molecule has 2 aromatic rings. The monoisotopic (exact) mass is 259 g/mol. The standard InChI is InChI=1S/C14H17N3O2/c1-4-11-8(2)16-17(9(11)3)10-5-6-13(15)12(7-10)14(18)19/h5-7H,4,15H2,1-3H3,(H,18,19). The molecule has 0 fully saturated rings. The summed E-state index contributed by atoms with van der Waals surface area (Å²) in [6, 6.07) is 4.93. The van der Waals surface area contributed by atoms with Gasteiger partial charge < -0.3 is 10.8 Å². The van der Waals surface area contributed by atoms with E-state index in [0.717, 1.165) is 17.8 Å². The van der Waals surface area contributed by atoms with E-state index in [1.807, 2.05) is 13.8 Å². The molecule has 0 saturated heterocycles. The second-order valence-corrected chi connectivity index (χ2v) is 4.49. The lowest BCUT2D eigenvalue weighted by Gasteiger charge is -2.08. The minimum absolute atomic E-state index is 0.100. The maximum Gasteiger partial charge on any atom is 0.337 e. The molecule has 2 rings (SSSR count). The van der Waals surface area contributed by atoms with Crippen LogP contribution in [0.4, 0.5) is 5.69 Å². The summed E-state index contributed by atoms with van der Waals surface area (Å²) in [6.45, 7) is 6.01. The first-order valence-corrected chi connectivity index (χ1v) is 6.14. The Morgan fingerprint density at radius 1 is 1.42 bits per heavy atom. The van der Waals surface area contributed by atoms with Crippen molar-refractivity contribution in [3.8, 4) is 5.69 Å². The van der Waals surface area contributed by atoms with Crippen molar-refractivity contribution in [2.24, 2.45) is 0 Å². The van der Waals surface area contributed by atoms with Gasteiger partial charge in [-0.2, -0.15) is 5.10 Å². The lowest BCUT2D eigenvalue weighted by molar-refractivity contribution is 0.0698. The number of carboxylic acid groups (broad SMARTS) is 1. The van der Waals surface area contributed by atoms with E-state index in [1.165, 1.54) is 5.56 Å². The molecule has 1 aromatic carbocycles. The molecule has 5 nitrogen and oxygen atoms in total. The second-order valence-electron chi connectivity index (χ2n) is 4.49. The van der Waals surface area contributed by atoms with Crippen molar-refractivity contribution in [2.75, 3.05) is 5.73 Å². The number of carbonyl (C=O) groups is 1. The normalized spacial score (nSPS) is 10.7. The molecule has 0 radical (unpaired) electrons. The van der Waals surface area contributed by atoms with Gasteiger partial charge in [-0.3, -0.25) is 0 Å². The first kappa shape index (κ1) is 13.1. The van der Waals surface area contributed by atoms with Crippen molar-refractivity contribution < 1.29 is 9.90 Å². The maximum absolute atomic E-state index is 11.1. The van der Waals surface area contributed by atoms with Crippen LogP contribution in [0.1, 0.15) is 34.2 Å². The molecule has 0 amide bonds. The van der Waals surface area contributed by atoms with Crippen molar-refractivity contribution >= 4 is 11.7 Å². The van der Waals surface area contributed by atoms with Crippen molar-refractivity contribution in [1.82, 2.24) is 9.78 Å². The Morgan fingerprint density at radius 3 is 2.63 bits per heavy atom. The third-order valence-electron chi connectivity index (χ3n) is 3.31. The minimum Gasteiger partial charge on any atom is -0.478 e. The van der Waals surface area contributed by atoms with E-state index in [2.05, 4.69) is 12.0 Å². The van der Waals surface area contributed by atoms with Crippen LogP contribution in [0.15, 0.2) is 18.2 Å². The predicted octanol–water partition coefficient (Wildman–Crippen LogP) is 2.33. The van der Waals surface area contributed by atoms with Gasteiger partial charge in [0.15, 0.2) is 0 Å². The number of rotatable bonds is 3. The Hall–Kier alpha value is -2.30. The van der Waals surface area contributed by atoms with Gasteiger partial charge in [-0.25, -0.2) is 9.48 Å². The Labute approximate surface area is 111 Å². The van der Waals surface area contributed by atoms with Crippen molar-refractivity contribution in [3.05, 3.63) is 40.7 Å². The molecule has 0 aliphatic heterocycles. The molecular formula is C14H17N3O2. The highest BCUT2D eigenvalue weighted by Gasteiger charge is 2.14. The first-order valence-electron chi connectivity index (χ1n) is 6.14. The number of hydrogen-bond donors (Lipinski definition) is 2. The Balaban J connectivity index is 2.60. The lowest BCUT2D eigenvalue weighted by atomic mass is 10.1. The summed E-state index contributed by atoms with van der Waals surface area (Å²) < 4.78 is 1.76. The minimum atomic E-state index is -1.03. The van der Waals surface area contributed by atoms with Crippen LogP contribution < -0.4 is 5.73 Å². The van der Waals surface area contributed by atoms with Gasteiger partial charge in [0.05, 0.1) is 16.9 Å². The fraction of sp³-hybridized carbons (Fsp3) is 0.286. The average molecular weight is 259 g/mol. The Kier molecular flexibility index (Phi) is 3.29. The topological polar surface area (TPSA) is 81.1 Å². The SMILES string of the molecule is CCc1c(C)nn(-c2ccc(N)c(C(=O)O)c2)c1C. The molecule has 5 heteroatoms. The maximum atomic E-state index is 11.1. The molecular weight excluding hydrogens is 242 g/mol. The van der Waals surface area contributed by atoms with E-state index in [9.17, 15) is 4.79 Å². The number of hydrogen-bond acceptors (Lipinski definition) is 3. The van der Waals surface area contributed by atoms with Gasteiger partial charge in [0.25, 0.3) is 0 Å². The summed E-state index contributed by atoms with van der Waals surface area (Å²) in [7, 11) is 0. The van der Waals surface area contributed by atoms with Crippen LogP contribution in [0.25, 0.3) is 5.69 Å². The zero-order valence-corrected chi connectivity index (χ0v) is 11.3. The van der Waals surface area contributed by atoms with Gasteiger partial charge in [-0.15, -0.1) is 0 Å². The van der Waals surface area contributed by atoms with Crippen molar-refractivity contribution in [1.29, 1.82) is 0 Å². The number of nitrogens with zero attached hydrogens (tertiary/aromatic N) is 2. The number of aromatic carboxylic acids is 1. The Morgan fingerprint density at radius 2 is 2.11 bits per heavy atom. The molecule has 0 atom stereocenters. The molecule has 0 bridgehead atoms. The number of aryl methyl sites for hydroxylation is 1. The molecule has 1 heterocycles. The zero-order valence-electron chi connectivity index (χ0n) is 11.3. The molecule has 19 heavy (non-hydrogen) atoms. The molecule has 1 aromatic heterocycles. The van der Waals surface area contributed by atoms with Crippen LogP contribution in [0.3, 0.4) is 0 Å². The summed E-state index contributed by atoms with van der Waals surface area (Å²) >= 11 is 0.